The lowest BCUT2D eigenvalue weighted by Crippen LogP contribution is -1.96. The van der Waals surface area contributed by atoms with Gasteiger partial charge in [0.05, 0.1) is 11.1 Å². The van der Waals surface area contributed by atoms with Crippen LogP contribution in [-0.4, -0.2) is 26.7 Å². The summed E-state index contributed by atoms with van der Waals surface area (Å²) in [5.74, 6) is -1.84. The summed E-state index contributed by atoms with van der Waals surface area (Å²) in [5, 5.41) is 20.9. The Hall–Kier alpha value is -4.98. The summed E-state index contributed by atoms with van der Waals surface area (Å²) in [5.41, 5.74) is 7.35. The molecule has 0 saturated carbocycles. The molecule has 7 heteroatoms. The van der Waals surface area contributed by atoms with Crippen molar-refractivity contribution >= 4 is 56.4 Å². The van der Waals surface area contributed by atoms with Gasteiger partial charge in [0.25, 0.3) is 0 Å². The fourth-order valence-corrected chi connectivity index (χ4v) is 7.83. The van der Waals surface area contributed by atoms with E-state index in [2.05, 4.69) is 72.2 Å². The summed E-state index contributed by atoms with van der Waals surface area (Å²) in [6.45, 7) is 3.18. The molecular formula is C38H29NO4S2. The smallest absolute Gasteiger partial charge is 0.335 e. The van der Waals surface area contributed by atoms with Gasteiger partial charge in [-0.2, -0.15) is 0 Å². The van der Waals surface area contributed by atoms with E-state index in [1.54, 1.807) is 46.9 Å². The third-order valence-electron chi connectivity index (χ3n) is 8.21. The average molecular weight is 628 g/mol. The highest BCUT2D eigenvalue weighted by Crippen LogP contribution is 2.41. The molecule has 0 saturated heterocycles. The van der Waals surface area contributed by atoms with Crippen LogP contribution in [0.5, 0.6) is 0 Å². The lowest BCUT2D eigenvalue weighted by molar-refractivity contribution is 0.0686. The molecule has 45 heavy (non-hydrogen) atoms. The van der Waals surface area contributed by atoms with Crippen LogP contribution in [0.4, 0.5) is 0 Å². The molecule has 3 aromatic heterocycles. The number of fused-ring (bicyclic) bond motifs is 3. The number of aromatic carboxylic acids is 2. The van der Waals surface area contributed by atoms with Gasteiger partial charge in [-0.15, -0.1) is 22.7 Å². The van der Waals surface area contributed by atoms with Gasteiger partial charge in [0.1, 0.15) is 0 Å². The molecule has 5 nitrogen and oxygen atoms in total. The molecule has 222 valence electrons. The quantitative estimate of drug-likeness (QED) is 0.167. The third-order valence-corrected chi connectivity index (χ3v) is 10.6. The molecule has 0 amide bonds. The first kappa shape index (κ1) is 28.8. The second kappa shape index (κ2) is 11.8. The molecule has 0 aliphatic heterocycles. The maximum Gasteiger partial charge on any atom is 0.335 e. The molecule has 7 aromatic rings. The molecule has 0 aliphatic carbocycles. The van der Waals surface area contributed by atoms with Crippen LogP contribution in [0.25, 0.3) is 63.6 Å². The molecule has 2 N–H and O–H groups in total. The Labute approximate surface area is 268 Å². The van der Waals surface area contributed by atoms with Gasteiger partial charge in [0.15, 0.2) is 0 Å². The van der Waals surface area contributed by atoms with Crippen LogP contribution in [0.3, 0.4) is 0 Å². The lowest BCUT2D eigenvalue weighted by Gasteiger charge is -2.07. The average Bonchev–Trinajstić information content (AvgIpc) is 3.82. The summed E-state index contributed by atoms with van der Waals surface area (Å²) in [6.07, 6.45) is 2.22. The predicted molar refractivity (Wildman–Crippen MR) is 186 cm³/mol. The SMILES string of the molecule is CCCCn1c2ccc(-c3ccc(-c4ccc(C(=O)O)cc4)s3)cc2c2cc(-c3ccc(-c4ccc(C(=O)O)cc4)s3)ccc21. The second-order valence-electron chi connectivity index (χ2n) is 11.1. The normalized spacial score (nSPS) is 11.4. The molecule has 0 fully saturated rings. The maximum absolute atomic E-state index is 11.3. The predicted octanol–water partition coefficient (Wildman–Crippen LogP) is 10.8. The summed E-state index contributed by atoms with van der Waals surface area (Å²) < 4.78 is 2.44. The highest BCUT2D eigenvalue weighted by atomic mass is 32.1. The van der Waals surface area contributed by atoms with E-state index in [4.69, 9.17) is 0 Å². The van der Waals surface area contributed by atoms with Crippen molar-refractivity contribution in [3.05, 3.63) is 120 Å². The van der Waals surface area contributed by atoms with Crippen LogP contribution in [0.2, 0.25) is 0 Å². The van der Waals surface area contributed by atoms with Crippen molar-refractivity contribution in [1.82, 2.24) is 4.57 Å². The van der Waals surface area contributed by atoms with E-state index in [-0.39, 0.29) is 11.1 Å². The molecule has 0 spiro atoms. The number of benzene rings is 4. The second-order valence-corrected chi connectivity index (χ2v) is 13.2. The minimum absolute atomic E-state index is 0.285. The number of aromatic nitrogens is 1. The van der Waals surface area contributed by atoms with Crippen LogP contribution in [0.1, 0.15) is 40.5 Å². The van der Waals surface area contributed by atoms with E-state index >= 15 is 0 Å². The molecule has 0 bridgehead atoms. The number of thiophene rings is 2. The van der Waals surface area contributed by atoms with Crippen LogP contribution < -0.4 is 0 Å². The number of hydrogen-bond acceptors (Lipinski definition) is 4. The Kier molecular flexibility index (Phi) is 7.57. The Morgan fingerprint density at radius 1 is 0.556 bits per heavy atom. The van der Waals surface area contributed by atoms with Gasteiger partial charge in [0, 0.05) is 47.9 Å². The standard InChI is InChI=1S/C38H29NO4S2/c1-2-3-20-39-31-14-12-27(35-18-16-33(44-35)23-4-8-25(9-5-23)37(40)41)21-29(31)30-22-28(13-15-32(30)39)36-19-17-34(45-36)24-6-10-26(11-7-24)38(42)43/h4-19,21-22H,2-3,20H2,1H3,(H,40,41)(H,42,43). The molecule has 3 heterocycles. The zero-order chi connectivity index (χ0) is 31.1. The van der Waals surface area contributed by atoms with Crippen molar-refractivity contribution in [1.29, 1.82) is 0 Å². The third kappa shape index (κ3) is 5.45. The number of unbranched alkanes of at least 4 members (excludes halogenated alkanes) is 1. The fraction of sp³-hybridized carbons (Fsp3) is 0.105. The number of carboxylic acids is 2. The van der Waals surface area contributed by atoms with Crippen LogP contribution >= 0.6 is 22.7 Å². The Balaban J connectivity index is 1.27. The van der Waals surface area contributed by atoms with Gasteiger partial charge in [-0.05, 0) is 101 Å². The first-order valence-corrected chi connectivity index (χ1v) is 16.5. The van der Waals surface area contributed by atoms with Gasteiger partial charge in [-0.3, -0.25) is 0 Å². The molecule has 4 aromatic carbocycles. The lowest BCUT2D eigenvalue weighted by atomic mass is 10.1. The van der Waals surface area contributed by atoms with Crippen molar-refractivity contribution in [3.63, 3.8) is 0 Å². The number of hydrogen-bond donors (Lipinski definition) is 2. The summed E-state index contributed by atoms with van der Waals surface area (Å²) in [6, 6.07) is 36.1. The Morgan fingerprint density at radius 3 is 1.31 bits per heavy atom. The summed E-state index contributed by atoms with van der Waals surface area (Å²) in [7, 11) is 0. The van der Waals surface area contributed by atoms with Crippen LogP contribution in [0, 0.1) is 0 Å². The van der Waals surface area contributed by atoms with Crippen LogP contribution in [0.15, 0.2) is 109 Å². The molecule has 0 unspecified atom stereocenters. The van der Waals surface area contributed by atoms with Gasteiger partial charge < -0.3 is 14.8 Å². The number of carbonyl (C=O) groups is 2. The van der Waals surface area contributed by atoms with Gasteiger partial charge >= 0.3 is 11.9 Å². The highest BCUT2D eigenvalue weighted by molar-refractivity contribution is 7.19. The number of carboxylic acid groups (broad SMARTS) is 2. The van der Waals surface area contributed by atoms with Crippen molar-refractivity contribution in [2.45, 2.75) is 26.3 Å². The largest absolute Gasteiger partial charge is 0.478 e. The van der Waals surface area contributed by atoms with Crippen molar-refractivity contribution < 1.29 is 19.8 Å². The zero-order valence-corrected chi connectivity index (χ0v) is 26.1. The monoisotopic (exact) mass is 627 g/mol. The van der Waals surface area contributed by atoms with Gasteiger partial charge in [0.2, 0.25) is 0 Å². The molecule has 7 rings (SSSR count). The van der Waals surface area contributed by atoms with E-state index in [0.29, 0.717) is 0 Å². The molecule has 0 aliphatic rings. The zero-order valence-electron chi connectivity index (χ0n) is 24.5. The Morgan fingerprint density at radius 2 is 0.933 bits per heavy atom. The van der Waals surface area contributed by atoms with E-state index in [1.165, 1.54) is 21.8 Å². The van der Waals surface area contributed by atoms with E-state index in [1.807, 2.05) is 24.3 Å². The summed E-state index contributed by atoms with van der Waals surface area (Å²) >= 11 is 3.41. The van der Waals surface area contributed by atoms with Crippen LogP contribution in [-0.2, 0) is 6.54 Å². The molecular weight excluding hydrogens is 599 g/mol. The van der Waals surface area contributed by atoms with Gasteiger partial charge in [-0.25, -0.2) is 9.59 Å². The first-order chi connectivity index (χ1) is 21.9. The summed E-state index contributed by atoms with van der Waals surface area (Å²) in [4.78, 5) is 27.1. The highest BCUT2D eigenvalue weighted by Gasteiger charge is 2.15. The minimum Gasteiger partial charge on any atom is -0.478 e. The van der Waals surface area contributed by atoms with E-state index in [0.717, 1.165) is 61.1 Å². The van der Waals surface area contributed by atoms with Gasteiger partial charge in [-0.1, -0.05) is 49.7 Å². The maximum atomic E-state index is 11.3. The first-order valence-electron chi connectivity index (χ1n) is 14.8. The number of aryl methyl sites for hydroxylation is 1. The van der Waals surface area contributed by atoms with Crippen molar-refractivity contribution in [2.24, 2.45) is 0 Å². The number of rotatable bonds is 9. The van der Waals surface area contributed by atoms with E-state index < -0.39 is 11.9 Å². The van der Waals surface area contributed by atoms with Crippen molar-refractivity contribution in [2.75, 3.05) is 0 Å². The fourth-order valence-electron chi connectivity index (χ4n) is 5.82. The molecule has 0 radical (unpaired) electrons. The number of nitrogens with zero attached hydrogens (tertiary/aromatic N) is 1. The topological polar surface area (TPSA) is 79.5 Å². The Bertz CT molecular complexity index is 2050. The minimum atomic E-state index is -0.922. The van der Waals surface area contributed by atoms with E-state index in [9.17, 15) is 19.8 Å². The van der Waals surface area contributed by atoms with Crippen molar-refractivity contribution in [3.8, 4) is 41.8 Å². The molecule has 0 atom stereocenters.